The van der Waals surface area contributed by atoms with Crippen LogP contribution < -0.4 is 5.73 Å². The number of hydrogen-bond acceptors (Lipinski definition) is 4. The van der Waals surface area contributed by atoms with Crippen molar-refractivity contribution >= 4 is 0 Å². The van der Waals surface area contributed by atoms with Crippen molar-refractivity contribution in [1.82, 2.24) is 0 Å². The largest absolute Gasteiger partial charge is 0.365 e. The summed E-state index contributed by atoms with van der Waals surface area (Å²) in [5, 5.41) is 20.6. The lowest BCUT2D eigenvalue weighted by Gasteiger charge is -2.48. The van der Waals surface area contributed by atoms with Crippen LogP contribution in [0.4, 0.5) is 0 Å². The van der Waals surface area contributed by atoms with Crippen molar-refractivity contribution in [3.8, 4) is 0 Å². The van der Waals surface area contributed by atoms with E-state index in [-0.39, 0.29) is 5.92 Å². The normalized spacial score (nSPS) is 21.2. The molecule has 4 N–H and O–H groups in total. The smallest absolute Gasteiger partial charge is 0.169 e. The highest BCUT2D eigenvalue weighted by Crippen LogP contribution is 2.39. The van der Waals surface area contributed by atoms with Crippen molar-refractivity contribution in [1.29, 1.82) is 0 Å². The molecular weight excluding hydrogens is 338 g/mol. The number of ether oxygens (including phenoxy) is 1. The monoisotopic (exact) mass is 385 g/mol. The number of aliphatic hydroxyl groups is 2. The van der Waals surface area contributed by atoms with E-state index in [1.807, 2.05) is 0 Å². The molecule has 2 atom stereocenters. The zero-order valence-electron chi connectivity index (χ0n) is 18.2. The molecule has 2 unspecified atom stereocenters. The average Bonchev–Trinajstić information content (AvgIpc) is 2.63. The molecule has 162 valence electrons. The van der Waals surface area contributed by atoms with Crippen molar-refractivity contribution in [2.24, 2.45) is 11.7 Å². The Morgan fingerprint density at radius 3 is 1.56 bits per heavy atom. The van der Waals surface area contributed by atoms with Crippen LogP contribution in [0.3, 0.4) is 0 Å². The first kappa shape index (κ1) is 24.9. The van der Waals surface area contributed by atoms with Crippen LogP contribution in [0.2, 0.25) is 0 Å². The molecule has 1 heterocycles. The van der Waals surface area contributed by atoms with E-state index < -0.39 is 11.5 Å². The standard InChI is InChI=1S/C23H47NO3/c1-3-5-6-7-8-9-10-11-12-13-14-15-16-17-18-21(23(25,26)4-2)22(24)19-20-27-22/h21,25-26H,3-20,24H2,1-2H3. The molecule has 1 rings (SSSR count). The van der Waals surface area contributed by atoms with Gasteiger partial charge in [0.15, 0.2) is 5.79 Å². The minimum absolute atomic E-state index is 0.290. The van der Waals surface area contributed by atoms with Crippen LogP contribution >= 0.6 is 0 Å². The quantitative estimate of drug-likeness (QED) is 0.211. The van der Waals surface area contributed by atoms with Gasteiger partial charge in [-0.2, -0.15) is 0 Å². The first-order valence-electron chi connectivity index (χ1n) is 11.8. The molecule has 1 aliphatic rings. The minimum Gasteiger partial charge on any atom is -0.365 e. The molecule has 4 heteroatoms. The second-order valence-electron chi connectivity index (χ2n) is 8.72. The molecule has 0 bridgehead atoms. The number of rotatable bonds is 18. The molecule has 1 fully saturated rings. The maximum atomic E-state index is 10.3. The number of unbranched alkanes of at least 4 members (excludes halogenated alkanes) is 13. The summed E-state index contributed by atoms with van der Waals surface area (Å²) in [4.78, 5) is 0. The van der Waals surface area contributed by atoms with Crippen LogP contribution in [-0.2, 0) is 4.74 Å². The Bertz CT molecular complexity index is 344. The lowest BCUT2D eigenvalue weighted by Crippen LogP contribution is -2.64. The molecule has 0 spiro atoms. The molecule has 1 saturated heterocycles. The van der Waals surface area contributed by atoms with Crippen molar-refractivity contribution in [3.63, 3.8) is 0 Å². The van der Waals surface area contributed by atoms with E-state index >= 15 is 0 Å². The first-order chi connectivity index (χ1) is 13.0. The SMILES string of the molecule is CCCCCCCCCCCCCCCCC(C(O)(O)CC)C1(N)CCO1. The highest BCUT2D eigenvalue weighted by atomic mass is 16.5. The van der Waals surface area contributed by atoms with Gasteiger partial charge in [-0.3, -0.25) is 0 Å². The summed E-state index contributed by atoms with van der Waals surface area (Å²) in [6.45, 7) is 4.69. The van der Waals surface area contributed by atoms with Crippen molar-refractivity contribution in [2.45, 2.75) is 135 Å². The number of hydrogen-bond donors (Lipinski definition) is 3. The third-order valence-electron chi connectivity index (χ3n) is 6.38. The van der Waals surface area contributed by atoms with E-state index in [4.69, 9.17) is 10.5 Å². The van der Waals surface area contributed by atoms with E-state index in [1.165, 1.54) is 77.0 Å². The molecule has 0 saturated carbocycles. The molecule has 0 amide bonds. The van der Waals surface area contributed by atoms with Gasteiger partial charge >= 0.3 is 0 Å². The van der Waals surface area contributed by atoms with Gasteiger partial charge in [-0.1, -0.05) is 104 Å². The van der Waals surface area contributed by atoms with Crippen LogP contribution in [0, 0.1) is 5.92 Å². The topological polar surface area (TPSA) is 75.7 Å². The van der Waals surface area contributed by atoms with Crippen LogP contribution in [0.25, 0.3) is 0 Å². The molecule has 0 aromatic rings. The van der Waals surface area contributed by atoms with Gasteiger partial charge in [-0.25, -0.2) is 0 Å². The van der Waals surface area contributed by atoms with Crippen LogP contribution in [0.1, 0.15) is 123 Å². The Labute approximate surface area is 168 Å². The number of nitrogens with two attached hydrogens (primary N) is 1. The summed E-state index contributed by atoms with van der Waals surface area (Å²) >= 11 is 0. The fourth-order valence-electron chi connectivity index (χ4n) is 4.27. The summed E-state index contributed by atoms with van der Waals surface area (Å²) in [6.07, 6.45) is 20.3. The van der Waals surface area contributed by atoms with Crippen molar-refractivity contribution < 1.29 is 14.9 Å². The summed E-state index contributed by atoms with van der Waals surface area (Å²) in [5.74, 6) is -2.10. The lowest BCUT2D eigenvalue weighted by atomic mass is 9.78. The Hall–Kier alpha value is -0.160. The van der Waals surface area contributed by atoms with E-state index in [1.54, 1.807) is 6.92 Å². The molecule has 0 radical (unpaired) electrons. The van der Waals surface area contributed by atoms with Crippen molar-refractivity contribution in [2.75, 3.05) is 6.61 Å². The summed E-state index contributed by atoms with van der Waals surface area (Å²) < 4.78 is 5.50. The van der Waals surface area contributed by atoms with Gasteiger partial charge in [0.25, 0.3) is 0 Å². The van der Waals surface area contributed by atoms with E-state index in [9.17, 15) is 10.2 Å². The van der Waals surface area contributed by atoms with Gasteiger partial charge in [0.1, 0.15) is 5.72 Å². The van der Waals surface area contributed by atoms with Gasteiger partial charge in [-0.15, -0.1) is 0 Å². The summed E-state index contributed by atoms with van der Waals surface area (Å²) in [5.41, 5.74) is 5.38. The third-order valence-corrected chi connectivity index (χ3v) is 6.38. The molecule has 1 aliphatic heterocycles. The van der Waals surface area contributed by atoms with Crippen molar-refractivity contribution in [3.05, 3.63) is 0 Å². The maximum absolute atomic E-state index is 10.3. The fourth-order valence-corrected chi connectivity index (χ4v) is 4.27. The maximum Gasteiger partial charge on any atom is 0.169 e. The Kier molecular flexibility index (Phi) is 12.8. The van der Waals surface area contributed by atoms with Gasteiger partial charge in [0.2, 0.25) is 0 Å². The fraction of sp³-hybridized carbons (Fsp3) is 1.00. The Balaban J connectivity index is 1.98. The molecule has 0 aromatic heterocycles. The summed E-state index contributed by atoms with van der Waals surface area (Å²) in [6, 6.07) is 0. The van der Waals surface area contributed by atoms with Crippen LogP contribution in [0.5, 0.6) is 0 Å². The molecule has 0 aromatic carbocycles. The van der Waals surface area contributed by atoms with Gasteiger partial charge in [-0.05, 0) is 12.8 Å². The highest BCUT2D eigenvalue weighted by Gasteiger charge is 2.50. The predicted octanol–water partition coefficient (Wildman–Crippen LogP) is 5.64. The molecule has 0 aliphatic carbocycles. The van der Waals surface area contributed by atoms with Gasteiger partial charge in [0, 0.05) is 6.42 Å². The minimum atomic E-state index is -1.72. The Morgan fingerprint density at radius 1 is 0.815 bits per heavy atom. The van der Waals surface area contributed by atoms with Gasteiger partial charge in [0.05, 0.1) is 12.5 Å². The predicted molar refractivity (Wildman–Crippen MR) is 113 cm³/mol. The zero-order chi connectivity index (χ0) is 20.0. The summed E-state index contributed by atoms with van der Waals surface area (Å²) in [7, 11) is 0. The lowest BCUT2D eigenvalue weighted by molar-refractivity contribution is -0.287. The average molecular weight is 386 g/mol. The van der Waals surface area contributed by atoms with E-state index in [2.05, 4.69) is 6.92 Å². The third kappa shape index (κ3) is 9.74. The second kappa shape index (κ2) is 13.9. The van der Waals surface area contributed by atoms with Crippen LogP contribution in [-0.4, -0.2) is 28.3 Å². The highest BCUT2D eigenvalue weighted by molar-refractivity contribution is 4.94. The first-order valence-corrected chi connectivity index (χ1v) is 11.8. The molecule has 27 heavy (non-hydrogen) atoms. The Morgan fingerprint density at radius 2 is 1.22 bits per heavy atom. The van der Waals surface area contributed by atoms with Crippen LogP contribution in [0.15, 0.2) is 0 Å². The zero-order valence-corrected chi connectivity index (χ0v) is 18.2. The van der Waals surface area contributed by atoms with E-state index in [0.717, 1.165) is 25.7 Å². The second-order valence-corrected chi connectivity index (χ2v) is 8.72. The van der Waals surface area contributed by atoms with Gasteiger partial charge < -0.3 is 20.7 Å². The van der Waals surface area contributed by atoms with E-state index in [0.29, 0.717) is 13.0 Å². The molecular formula is C23H47NO3. The molecule has 4 nitrogen and oxygen atoms in total.